The van der Waals surface area contributed by atoms with Crippen molar-refractivity contribution in [3.63, 3.8) is 0 Å². The first-order valence-electron chi connectivity index (χ1n) is 7.12. The van der Waals surface area contributed by atoms with Crippen molar-refractivity contribution in [2.45, 2.75) is 27.2 Å². The number of rotatable bonds is 11. The summed E-state index contributed by atoms with van der Waals surface area (Å²) in [4.78, 5) is 2.01. The summed E-state index contributed by atoms with van der Waals surface area (Å²) in [7, 11) is 0.773. The highest BCUT2D eigenvalue weighted by Crippen LogP contribution is 2.06. The highest BCUT2D eigenvalue weighted by molar-refractivity contribution is 7.89. The lowest BCUT2D eigenvalue weighted by Crippen LogP contribution is -2.42. The second-order valence-electron chi connectivity index (χ2n) is 5.62. The van der Waals surface area contributed by atoms with Gasteiger partial charge in [0.15, 0.2) is 0 Å². The fraction of sp³-hybridized carbons (Fsp3) is 1.00. The normalized spacial score (nSPS) is 12.8. The quantitative estimate of drug-likeness (QED) is 0.574. The predicted octanol–water partition coefficient (Wildman–Crippen LogP) is 0.835. The summed E-state index contributed by atoms with van der Waals surface area (Å²) in [5.41, 5.74) is 0. The van der Waals surface area contributed by atoms with Crippen LogP contribution in [0.2, 0.25) is 0 Å². The van der Waals surface area contributed by atoms with E-state index >= 15 is 0 Å². The molecule has 116 valence electrons. The summed E-state index contributed by atoms with van der Waals surface area (Å²) in [5, 5.41) is 3.15. The fourth-order valence-corrected chi connectivity index (χ4v) is 3.24. The molecule has 1 N–H and O–H groups in total. The van der Waals surface area contributed by atoms with Crippen molar-refractivity contribution in [2.24, 2.45) is 5.92 Å². The second kappa shape index (κ2) is 9.69. The summed E-state index contributed by atoms with van der Waals surface area (Å²) in [5.74, 6) is 0.535. The van der Waals surface area contributed by atoms with Crippen molar-refractivity contribution in [1.82, 2.24) is 14.5 Å². The molecule has 0 fully saturated rings. The number of nitrogens with one attached hydrogen (secondary N) is 1. The van der Waals surface area contributed by atoms with E-state index < -0.39 is 10.0 Å². The number of nitrogens with zero attached hydrogens (tertiary/aromatic N) is 2. The van der Waals surface area contributed by atoms with Crippen molar-refractivity contribution in [3.05, 3.63) is 0 Å². The maximum Gasteiger partial charge on any atom is 0.215 e. The number of sulfonamides is 1. The molecule has 0 amide bonds. The van der Waals surface area contributed by atoms with Crippen LogP contribution in [-0.4, -0.2) is 70.2 Å². The molecular formula is C13H31N3O2S. The van der Waals surface area contributed by atoms with Crippen LogP contribution in [0.25, 0.3) is 0 Å². The average Bonchev–Trinajstić information content (AvgIpc) is 2.29. The molecule has 0 aliphatic carbocycles. The smallest absolute Gasteiger partial charge is 0.215 e. The molecule has 0 atom stereocenters. The number of hydrogen-bond acceptors (Lipinski definition) is 4. The zero-order valence-electron chi connectivity index (χ0n) is 13.1. The van der Waals surface area contributed by atoms with E-state index in [9.17, 15) is 8.42 Å². The Morgan fingerprint density at radius 3 is 2.21 bits per heavy atom. The molecule has 0 aromatic carbocycles. The zero-order valence-corrected chi connectivity index (χ0v) is 14.0. The van der Waals surface area contributed by atoms with E-state index in [1.807, 2.05) is 32.8 Å². The zero-order chi connectivity index (χ0) is 14.9. The van der Waals surface area contributed by atoms with Gasteiger partial charge < -0.3 is 10.2 Å². The van der Waals surface area contributed by atoms with Crippen LogP contribution in [0, 0.1) is 5.92 Å². The van der Waals surface area contributed by atoms with Crippen LogP contribution in [-0.2, 0) is 10.0 Å². The number of likely N-dealkylation sites (N-methyl/N-ethyl adjacent to an activating group) is 1. The molecule has 0 radical (unpaired) electrons. The van der Waals surface area contributed by atoms with Crippen LogP contribution < -0.4 is 5.32 Å². The van der Waals surface area contributed by atoms with Crippen molar-refractivity contribution in [1.29, 1.82) is 0 Å². The molecule has 0 unspecified atom stereocenters. The highest BCUT2D eigenvalue weighted by atomic mass is 32.2. The van der Waals surface area contributed by atoms with Gasteiger partial charge in [-0.3, -0.25) is 0 Å². The van der Waals surface area contributed by atoms with E-state index in [0.29, 0.717) is 25.6 Å². The topological polar surface area (TPSA) is 52.7 Å². The first-order valence-corrected chi connectivity index (χ1v) is 8.73. The molecule has 0 bridgehead atoms. The van der Waals surface area contributed by atoms with Crippen LogP contribution in [0.15, 0.2) is 0 Å². The molecule has 6 heteroatoms. The van der Waals surface area contributed by atoms with Gasteiger partial charge in [-0.15, -0.1) is 0 Å². The van der Waals surface area contributed by atoms with Gasteiger partial charge in [0, 0.05) is 26.2 Å². The Hall–Kier alpha value is -0.170. The van der Waals surface area contributed by atoms with Crippen molar-refractivity contribution >= 4 is 10.0 Å². The predicted molar refractivity (Wildman–Crippen MR) is 81.9 cm³/mol. The van der Waals surface area contributed by atoms with E-state index in [1.54, 1.807) is 4.31 Å². The molecule has 0 aliphatic heterocycles. The van der Waals surface area contributed by atoms with E-state index in [1.165, 1.54) is 0 Å². The van der Waals surface area contributed by atoms with Crippen LogP contribution in [0.4, 0.5) is 0 Å². The first kappa shape index (κ1) is 18.8. The standard InChI is InChI=1S/C13H31N3O2S/c1-6-7-14-8-11-19(17,18)16(12-13(2)3)10-9-15(4)5/h13-14H,6-12H2,1-5H3. The Balaban J connectivity index is 4.44. The van der Waals surface area contributed by atoms with Gasteiger partial charge in [0.05, 0.1) is 5.75 Å². The molecule has 0 saturated heterocycles. The molecule has 0 heterocycles. The Bertz CT molecular complexity index is 316. The minimum Gasteiger partial charge on any atom is -0.316 e. The average molecular weight is 293 g/mol. The molecule has 0 saturated carbocycles. The second-order valence-corrected chi connectivity index (χ2v) is 7.71. The van der Waals surface area contributed by atoms with E-state index in [4.69, 9.17) is 0 Å². The van der Waals surface area contributed by atoms with Gasteiger partial charge in [-0.25, -0.2) is 12.7 Å². The molecule has 0 aliphatic rings. The van der Waals surface area contributed by atoms with Gasteiger partial charge in [0.2, 0.25) is 10.0 Å². The number of hydrogen-bond donors (Lipinski definition) is 1. The van der Waals surface area contributed by atoms with Gasteiger partial charge in [0.1, 0.15) is 0 Å². The van der Waals surface area contributed by atoms with Crippen molar-refractivity contribution in [3.8, 4) is 0 Å². The van der Waals surface area contributed by atoms with Gasteiger partial charge in [-0.05, 0) is 33.0 Å². The minimum absolute atomic E-state index is 0.188. The van der Waals surface area contributed by atoms with Gasteiger partial charge in [0.25, 0.3) is 0 Å². The van der Waals surface area contributed by atoms with E-state index in [-0.39, 0.29) is 5.75 Å². The van der Waals surface area contributed by atoms with Crippen LogP contribution >= 0.6 is 0 Å². The summed E-state index contributed by atoms with van der Waals surface area (Å²) >= 11 is 0. The Morgan fingerprint density at radius 2 is 1.74 bits per heavy atom. The van der Waals surface area contributed by atoms with Crippen molar-refractivity contribution < 1.29 is 8.42 Å². The molecule has 0 spiro atoms. The third kappa shape index (κ3) is 9.38. The largest absolute Gasteiger partial charge is 0.316 e. The fourth-order valence-electron chi connectivity index (χ4n) is 1.69. The van der Waals surface area contributed by atoms with Crippen LogP contribution in [0.5, 0.6) is 0 Å². The lowest BCUT2D eigenvalue weighted by Gasteiger charge is -2.25. The molecule has 5 nitrogen and oxygen atoms in total. The SMILES string of the molecule is CCCNCCS(=O)(=O)N(CCN(C)C)CC(C)C. The summed E-state index contributed by atoms with van der Waals surface area (Å²) in [6.07, 6.45) is 1.02. The summed E-state index contributed by atoms with van der Waals surface area (Å²) in [6, 6.07) is 0. The van der Waals surface area contributed by atoms with Gasteiger partial charge >= 0.3 is 0 Å². The first-order chi connectivity index (χ1) is 8.79. The van der Waals surface area contributed by atoms with Gasteiger partial charge in [-0.1, -0.05) is 20.8 Å². The molecular weight excluding hydrogens is 262 g/mol. The minimum atomic E-state index is -3.15. The summed E-state index contributed by atoms with van der Waals surface area (Å²) in [6.45, 7) is 9.51. The lowest BCUT2D eigenvalue weighted by molar-refractivity contribution is 0.312. The van der Waals surface area contributed by atoms with Gasteiger partial charge in [-0.2, -0.15) is 0 Å². The van der Waals surface area contributed by atoms with Crippen LogP contribution in [0.1, 0.15) is 27.2 Å². The maximum atomic E-state index is 12.3. The lowest BCUT2D eigenvalue weighted by atomic mass is 10.2. The third-order valence-electron chi connectivity index (χ3n) is 2.72. The summed E-state index contributed by atoms with van der Waals surface area (Å²) < 4.78 is 26.2. The van der Waals surface area contributed by atoms with E-state index in [0.717, 1.165) is 19.5 Å². The molecule has 0 aromatic heterocycles. The van der Waals surface area contributed by atoms with Crippen LogP contribution in [0.3, 0.4) is 0 Å². The Labute approximate surface area is 119 Å². The highest BCUT2D eigenvalue weighted by Gasteiger charge is 2.22. The Kier molecular flexibility index (Phi) is 9.60. The molecule has 0 aromatic rings. The third-order valence-corrected chi connectivity index (χ3v) is 4.56. The van der Waals surface area contributed by atoms with Crippen molar-refractivity contribution in [2.75, 3.05) is 52.6 Å². The maximum absolute atomic E-state index is 12.3. The van der Waals surface area contributed by atoms with E-state index in [2.05, 4.69) is 12.2 Å². The monoisotopic (exact) mass is 293 g/mol. The molecule has 0 rings (SSSR count). The molecule has 19 heavy (non-hydrogen) atoms. The Morgan fingerprint density at radius 1 is 1.11 bits per heavy atom.